The van der Waals surface area contributed by atoms with E-state index in [0.29, 0.717) is 31.1 Å². The summed E-state index contributed by atoms with van der Waals surface area (Å²) in [5.41, 5.74) is 1.48. The first-order chi connectivity index (χ1) is 16.4. The number of benzene rings is 2. The van der Waals surface area contributed by atoms with Crippen molar-refractivity contribution in [3.63, 3.8) is 0 Å². The SMILES string of the molecule is CC1CCN(S(=O)(=O)c2cccc(C(=O)CNCC(c3ccccc3Cl)N3CCCC3)c2)CC1. The van der Waals surface area contributed by atoms with Crippen LogP contribution in [0, 0.1) is 5.92 Å². The van der Waals surface area contributed by atoms with Crippen LogP contribution in [0.5, 0.6) is 0 Å². The molecule has 0 bridgehead atoms. The van der Waals surface area contributed by atoms with Gasteiger partial charge in [-0.05, 0) is 68.5 Å². The molecule has 4 rings (SSSR count). The summed E-state index contributed by atoms with van der Waals surface area (Å²) < 4.78 is 27.7. The topological polar surface area (TPSA) is 69.7 Å². The van der Waals surface area contributed by atoms with Crippen LogP contribution >= 0.6 is 11.6 Å². The molecule has 0 aliphatic carbocycles. The summed E-state index contributed by atoms with van der Waals surface area (Å²) in [7, 11) is -3.59. The van der Waals surface area contributed by atoms with Crippen LogP contribution in [0.3, 0.4) is 0 Å². The van der Waals surface area contributed by atoms with Gasteiger partial charge in [0.05, 0.1) is 11.4 Å². The summed E-state index contributed by atoms with van der Waals surface area (Å²) in [6, 6.07) is 14.4. The van der Waals surface area contributed by atoms with Gasteiger partial charge in [-0.3, -0.25) is 9.69 Å². The molecule has 0 amide bonds. The van der Waals surface area contributed by atoms with Gasteiger partial charge in [-0.25, -0.2) is 8.42 Å². The lowest BCUT2D eigenvalue weighted by Gasteiger charge is -2.29. The second-order valence-corrected chi connectivity index (χ2v) is 11.8. The number of sulfonamides is 1. The van der Waals surface area contributed by atoms with Crippen molar-refractivity contribution in [1.29, 1.82) is 0 Å². The van der Waals surface area contributed by atoms with E-state index >= 15 is 0 Å². The van der Waals surface area contributed by atoms with Crippen molar-refractivity contribution in [2.24, 2.45) is 5.92 Å². The van der Waals surface area contributed by atoms with E-state index in [4.69, 9.17) is 11.6 Å². The van der Waals surface area contributed by atoms with Gasteiger partial charge in [-0.1, -0.05) is 48.9 Å². The summed E-state index contributed by atoms with van der Waals surface area (Å²) in [5, 5.41) is 4.04. The molecule has 1 atom stereocenters. The highest BCUT2D eigenvalue weighted by Gasteiger charge is 2.29. The summed E-state index contributed by atoms with van der Waals surface area (Å²) in [4.78, 5) is 15.5. The molecule has 2 aromatic carbocycles. The Kier molecular flexibility index (Phi) is 8.43. The maximum Gasteiger partial charge on any atom is 0.243 e. The molecule has 1 N–H and O–H groups in total. The average Bonchev–Trinajstić information content (AvgIpc) is 3.37. The van der Waals surface area contributed by atoms with Crippen molar-refractivity contribution in [1.82, 2.24) is 14.5 Å². The van der Waals surface area contributed by atoms with Crippen molar-refractivity contribution in [3.8, 4) is 0 Å². The van der Waals surface area contributed by atoms with Gasteiger partial charge >= 0.3 is 0 Å². The van der Waals surface area contributed by atoms with Crippen LogP contribution in [-0.4, -0.2) is 62.7 Å². The van der Waals surface area contributed by atoms with Crippen molar-refractivity contribution in [2.75, 3.05) is 39.3 Å². The van der Waals surface area contributed by atoms with Gasteiger partial charge in [0.15, 0.2) is 5.78 Å². The fraction of sp³-hybridized carbons (Fsp3) is 0.500. The Balaban J connectivity index is 1.41. The zero-order valence-corrected chi connectivity index (χ0v) is 21.3. The minimum absolute atomic E-state index is 0.0946. The Bertz CT molecular complexity index is 1090. The van der Waals surface area contributed by atoms with Crippen LogP contribution in [0.25, 0.3) is 0 Å². The largest absolute Gasteiger partial charge is 0.308 e. The molecule has 0 spiro atoms. The number of hydrogen-bond donors (Lipinski definition) is 1. The number of nitrogens with zero attached hydrogens (tertiary/aromatic N) is 2. The third kappa shape index (κ3) is 5.89. The fourth-order valence-corrected chi connectivity index (χ4v) is 6.64. The molecule has 2 heterocycles. The molecule has 0 aromatic heterocycles. The first-order valence-electron chi connectivity index (χ1n) is 12.2. The lowest BCUT2D eigenvalue weighted by Crippen LogP contribution is -2.38. The van der Waals surface area contributed by atoms with Crippen molar-refractivity contribution < 1.29 is 13.2 Å². The number of ketones is 1. The van der Waals surface area contributed by atoms with Gasteiger partial charge < -0.3 is 5.32 Å². The second-order valence-electron chi connectivity index (χ2n) is 9.45. The first kappa shape index (κ1) is 25.3. The van der Waals surface area contributed by atoms with Crippen LogP contribution in [0.15, 0.2) is 53.4 Å². The summed E-state index contributed by atoms with van der Waals surface area (Å²) in [5.74, 6) is 0.421. The van der Waals surface area contributed by atoms with Crippen LogP contribution in [0.2, 0.25) is 5.02 Å². The minimum Gasteiger partial charge on any atom is -0.308 e. The molecule has 2 aliphatic rings. The van der Waals surface area contributed by atoms with E-state index in [9.17, 15) is 13.2 Å². The van der Waals surface area contributed by atoms with Crippen LogP contribution < -0.4 is 5.32 Å². The molecule has 6 nitrogen and oxygen atoms in total. The van der Waals surface area contributed by atoms with E-state index in [1.165, 1.54) is 6.07 Å². The van der Waals surface area contributed by atoms with Crippen molar-refractivity contribution in [2.45, 2.75) is 43.5 Å². The molecule has 0 radical (unpaired) electrons. The van der Waals surface area contributed by atoms with E-state index in [1.807, 2.05) is 24.3 Å². The number of carbonyl (C=O) groups is 1. The first-order valence-corrected chi connectivity index (χ1v) is 14.0. The highest BCUT2D eigenvalue weighted by atomic mass is 35.5. The van der Waals surface area contributed by atoms with E-state index in [0.717, 1.165) is 49.4 Å². The molecule has 184 valence electrons. The fourth-order valence-electron chi connectivity index (χ4n) is 4.86. The number of nitrogens with one attached hydrogen (secondary N) is 1. The standard InChI is InChI=1S/C26H34ClN3O3S/c1-20-11-15-30(16-12-20)34(32,33)22-8-6-7-21(17-22)26(31)19-28-18-25(29-13-4-5-14-29)23-9-2-3-10-24(23)27/h2-3,6-10,17,20,25,28H,4-5,11-16,18-19H2,1H3. The highest BCUT2D eigenvalue weighted by Crippen LogP contribution is 2.30. The molecular weight excluding hydrogens is 470 g/mol. The maximum absolute atomic E-state index is 13.1. The van der Waals surface area contributed by atoms with Gasteiger partial charge in [-0.2, -0.15) is 4.31 Å². The van der Waals surface area contributed by atoms with Gasteiger partial charge in [0.1, 0.15) is 0 Å². The zero-order chi connectivity index (χ0) is 24.1. The second kappa shape index (κ2) is 11.3. The molecule has 0 saturated carbocycles. The lowest BCUT2D eigenvalue weighted by atomic mass is 10.0. The molecule has 2 saturated heterocycles. The molecular formula is C26H34ClN3O3S. The van der Waals surface area contributed by atoms with Crippen molar-refractivity contribution >= 4 is 27.4 Å². The van der Waals surface area contributed by atoms with E-state index in [2.05, 4.69) is 17.1 Å². The Morgan fingerprint density at radius 1 is 1.06 bits per heavy atom. The number of hydrogen-bond acceptors (Lipinski definition) is 5. The van der Waals surface area contributed by atoms with E-state index in [-0.39, 0.29) is 23.3 Å². The average molecular weight is 504 g/mol. The van der Waals surface area contributed by atoms with E-state index in [1.54, 1.807) is 22.5 Å². The normalized spacial score (nSPS) is 19.4. The number of rotatable bonds is 9. The number of piperidine rings is 1. The number of halogens is 1. The lowest BCUT2D eigenvalue weighted by molar-refractivity contribution is 0.0987. The third-order valence-electron chi connectivity index (χ3n) is 7.01. The third-order valence-corrected chi connectivity index (χ3v) is 9.24. The molecule has 8 heteroatoms. The minimum atomic E-state index is -3.59. The van der Waals surface area contributed by atoms with Gasteiger partial charge in [0, 0.05) is 36.3 Å². The summed E-state index contributed by atoms with van der Waals surface area (Å²) in [6.45, 7) is 5.98. The molecule has 2 aromatic rings. The number of Topliss-reactive ketones (excluding diaryl/α,β-unsaturated/α-hetero) is 1. The predicted molar refractivity (Wildman–Crippen MR) is 136 cm³/mol. The molecule has 34 heavy (non-hydrogen) atoms. The Morgan fingerprint density at radius 2 is 1.76 bits per heavy atom. The van der Waals surface area contributed by atoms with Gasteiger partial charge in [0.2, 0.25) is 10.0 Å². The maximum atomic E-state index is 13.1. The number of likely N-dealkylation sites (tertiary alicyclic amines) is 1. The molecule has 2 fully saturated rings. The van der Waals surface area contributed by atoms with Crippen LogP contribution in [0.4, 0.5) is 0 Å². The van der Waals surface area contributed by atoms with Crippen LogP contribution in [-0.2, 0) is 10.0 Å². The monoisotopic (exact) mass is 503 g/mol. The quantitative estimate of drug-likeness (QED) is 0.514. The Morgan fingerprint density at radius 3 is 2.47 bits per heavy atom. The summed E-state index contributed by atoms with van der Waals surface area (Å²) >= 11 is 6.48. The smallest absolute Gasteiger partial charge is 0.243 e. The van der Waals surface area contributed by atoms with E-state index < -0.39 is 10.0 Å². The van der Waals surface area contributed by atoms with Crippen molar-refractivity contribution in [3.05, 3.63) is 64.7 Å². The van der Waals surface area contributed by atoms with Gasteiger partial charge in [-0.15, -0.1) is 0 Å². The molecule has 1 unspecified atom stereocenters. The zero-order valence-electron chi connectivity index (χ0n) is 19.7. The predicted octanol–water partition coefficient (Wildman–Crippen LogP) is 4.37. The number of carbonyl (C=O) groups excluding carboxylic acids is 1. The summed E-state index contributed by atoms with van der Waals surface area (Å²) in [6.07, 6.45) is 4.06. The Labute approximate surface area is 208 Å². The van der Waals surface area contributed by atoms with Gasteiger partial charge in [0.25, 0.3) is 0 Å². The molecule has 2 aliphatic heterocycles. The van der Waals surface area contributed by atoms with Crippen LogP contribution in [0.1, 0.15) is 54.6 Å². The Hall–Kier alpha value is -1.77. The highest BCUT2D eigenvalue weighted by molar-refractivity contribution is 7.89.